The summed E-state index contributed by atoms with van der Waals surface area (Å²) in [5, 5.41) is 5.76. The van der Waals surface area contributed by atoms with Crippen LogP contribution in [0.1, 0.15) is 17.7 Å². The number of rotatable bonds is 7. The van der Waals surface area contributed by atoms with Gasteiger partial charge in [-0.1, -0.05) is 36.4 Å². The molecule has 2 amide bonds. The minimum atomic E-state index is -0.119. The van der Waals surface area contributed by atoms with Gasteiger partial charge in [0.1, 0.15) is 5.65 Å². The van der Waals surface area contributed by atoms with Crippen molar-refractivity contribution in [3.63, 3.8) is 0 Å². The number of pyridine rings is 1. The Balaban J connectivity index is 1.32. The van der Waals surface area contributed by atoms with Crippen LogP contribution in [0.3, 0.4) is 0 Å². The van der Waals surface area contributed by atoms with Gasteiger partial charge in [0.15, 0.2) is 0 Å². The van der Waals surface area contributed by atoms with Crippen LogP contribution in [0.15, 0.2) is 60.9 Å². The van der Waals surface area contributed by atoms with Crippen LogP contribution in [-0.4, -0.2) is 28.5 Å². The number of hydrogen-bond donors (Lipinski definition) is 2. The Kier molecular flexibility index (Phi) is 5.45. The second kappa shape index (κ2) is 8.15. The Morgan fingerprint density at radius 3 is 2.58 bits per heavy atom. The summed E-state index contributed by atoms with van der Waals surface area (Å²) in [4.78, 5) is 16.3. The van der Waals surface area contributed by atoms with Crippen LogP contribution in [0.5, 0.6) is 0 Å². The average Bonchev–Trinajstić information content (AvgIpc) is 3.02. The largest absolute Gasteiger partial charge is 0.338 e. The number of urea groups is 1. The van der Waals surface area contributed by atoms with Gasteiger partial charge < -0.3 is 15.0 Å². The van der Waals surface area contributed by atoms with E-state index < -0.39 is 0 Å². The number of nitrogens with one attached hydrogen (secondary N) is 2. The van der Waals surface area contributed by atoms with Crippen molar-refractivity contribution in [3.05, 3.63) is 72.2 Å². The molecule has 5 nitrogen and oxygen atoms in total. The summed E-state index contributed by atoms with van der Waals surface area (Å²) in [6.07, 6.45) is 6.60. The van der Waals surface area contributed by atoms with E-state index in [1.54, 1.807) is 0 Å². The summed E-state index contributed by atoms with van der Waals surface area (Å²) in [7, 11) is 0. The molecular weight excluding hydrogens is 300 g/mol. The van der Waals surface area contributed by atoms with Crippen molar-refractivity contribution < 1.29 is 4.79 Å². The summed E-state index contributed by atoms with van der Waals surface area (Å²) in [5.74, 6) is 0. The predicted molar refractivity (Wildman–Crippen MR) is 95.1 cm³/mol. The normalized spacial score (nSPS) is 10.7. The molecule has 2 heterocycles. The predicted octanol–water partition coefficient (Wildman–Crippen LogP) is 2.81. The molecule has 0 saturated carbocycles. The molecule has 2 N–H and O–H groups in total. The van der Waals surface area contributed by atoms with Gasteiger partial charge >= 0.3 is 6.03 Å². The molecule has 24 heavy (non-hydrogen) atoms. The first-order valence-electron chi connectivity index (χ1n) is 8.29. The van der Waals surface area contributed by atoms with Crippen LogP contribution in [0, 0.1) is 0 Å². The van der Waals surface area contributed by atoms with E-state index in [4.69, 9.17) is 0 Å². The zero-order valence-corrected chi connectivity index (χ0v) is 13.6. The number of aromatic nitrogens is 2. The standard InChI is InChI=1S/C19H22N4O/c24-19(20-12-6-9-16-7-2-1-3-8-16)21-13-11-17-15-23-14-5-4-10-18(23)22-17/h1-5,7-8,10,14-15H,6,9,11-13H2,(H2,20,21,24). The molecule has 0 aliphatic heterocycles. The van der Waals surface area contributed by atoms with Gasteiger partial charge in [-0.3, -0.25) is 0 Å². The molecular formula is C19H22N4O. The molecule has 3 rings (SSSR count). The second-order valence-electron chi connectivity index (χ2n) is 5.72. The molecule has 0 spiro atoms. The van der Waals surface area contributed by atoms with Crippen molar-refractivity contribution in [2.24, 2.45) is 0 Å². The Labute approximate surface area is 141 Å². The van der Waals surface area contributed by atoms with Crippen LogP contribution in [0.25, 0.3) is 5.65 Å². The highest BCUT2D eigenvalue weighted by Crippen LogP contribution is 2.04. The SMILES string of the molecule is O=C(NCCCc1ccccc1)NCCc1cn2ccccc2n1. The first-order chi connectivity index (χ1) is 11.8. The van der Waals surface area contributed by atoms with E-state index >= 15 is 0 Å². The topological polar surface area (TPSA) is 58.4 Å². The number of carbonyl (C=O) groups is 1. The molecule has 0 aliphatic carbocycles. The van der Waals surface area contributed by atoms with Crippen LogP contribution in [-0.2, 0) is 12.8 Å². The molecule has 0 unspecified atom stereocenters. The lowest BCUT2D eigenvalue weighted by Crippen LogP contribution is -2.37. The van der Waals surface area contributed by atoms with Crippen LogP contribution < -0.4 is 10.6 Å². The van der Waals surface area contributed by atoms with Gasteiger partial charge in [-0.2, -0.15) is 0 Å². The lowest BCUT2D eigenvalue weighted by atomic mass is 10.1. The number of imidazole rings is 1. The molecule has 1 aromatic carbocycles. The first kappa shape index (κ1) is 16.1. The zero-order valence-electron chi connectivity index (χ0n) is 13.6. The fourth-order valence-corrected chi connectivity index (χ4v) is 2.61. The second-order valence-corrected chi connectivity index (χ2v) is 5.72. The number of hydrogen-bond acceptors (Lipinski definition) is 2. The van der Waals surface area contributed by atoms with Gasteiger partial charge in [-0.25, -0.2) is 9.78 Å². The molecule has 0 bridgehead atoms. The van der Waals surface area contributed by atoms with E-state index in [0.717, 1.165) is 30.6 Å². The highest BCUT2D eigenvalue weighted by molar-refractivity contribution is 5.73. The molecule has 5 heteroatoms. The first-order valence-corrected chi connectivity index (χ1v) is 8.29. The fourth-order valence-electron chi connectivity index (χ4n) is 2.61. The maximum absolute atomic E-state index is 11.8. The van der Waals surface area contributed by atoms with Crippen molar-refractivity contribution in [2.45, 2.75) is 19.3 Å². The molecule has 0 radical (unpaired) electrons. The van der Waals surface area contributed by atoms with E-state index in [1.165, 1.54) is 5.56 Å². The number of fused-ring (bicyclic) bond motifs is 1. The van der Waals surface area contributed by atoms with Crippen molar-refractivity contribution in [2.75, 3.05) is 13.1 Å². The van der Waals surface area contributed by atoms with Crippen LogP contribution in [0.4, 0.5) is 4.79 Å². The van der Waals surface area contributed by atoms with Crippen molar-refractivity contribution in [3.8, 4) is 0 Å². The van der Waals surface area contributed by atoms with Gasteiger partial charge in [0.05, 0.1) is 5.69 Å². The molecule has 3 aromatic rings. The number of carbonyl (C=O) groups excluding carboxylic acids is 1. The lowest BCUT2D eigenvalue weighted by Gasteiger charge is -2.07. The van der Waals surface area contributed by atoms with Crippen LogP contribution >= 0.6 is 0 Å². The van der Waals surface area contributed by atoms with E-state index in [9.17, 15) is 4.79 Å². The summed E-state index contributed by atoms with van der Waals surface area (Å²) >= 11 is 0. The third-order valence-electron chi connectivity index (χ3n) is 3.85. The minimum Gasteiger partial charge on any atom is -0.338 e. The van der Waals surface area contributed by atoms with Gasteiger partial charge in [0, 0.05) is 31.9 Å². The molecule has 124 valence electrons. The van der Waals surface area contributed by atoms with E-state index in [-0.39, 0.29) is 6.03 Å². The van der Waals surface area contributed by atoms with Gasteiger partial charge in [-0.15, -0.1) is 0 Å². The number of nitrogens with zero attached hydrogens (tertiary/aromatic N) is 2. The Hall–Kier alpha value is -2.82. The fraction of sp³-hybridized carbons (Fsp3) is 0.263. The van der Waals surface area contributed by atoms with Gasteiger partial charge in [-0.05, 0) is 30.5 Å². The van der Waals surface area contributed by atoms with Crippen LogP contribution in [0.2, 0.25) is 0 Å². The molecule has 0 saturated heterocycles. The van der Waals surface area contributed by atoms with Crippen molar-refractivity contribution >= 4 is 11.7 Å². The smallest absolute Gasteiger partial charge is 0.314 e. The van der Waals surface area contributed by atoms with E-state index in [1.807, 2.05) is 53.2 Å². The Morgan fingerprint density at radius 1 is 0.958 bits per heavy atom. The highest BCUT2D eigenvalue weighted by Gasteiger charge is 2.03. The number of aryl methyl sites for hydroxylation is 1. The summed E-state index contributed by atoms with van der Waals surface area (Å²) in [6, 6.07) is 16.1. The molecule has 2 aromatic heterocycles. The van der Waals surface area contributed by atoms with E-state index in [0.29, 0.717) is 13.1 Å². The average molecular weight is 322 g/mol. The molecule has 0 aliphatic rings. The monoisotopic (exact) mass is 322 g/mol. The number of benzene rings is 1. The molecule has 0 fully saturated rings. The third kappa shape index (κ3) is 4.59. The quantitative estimate of drug-likeness (QED) is 0.657. The van der Waals surface area contributed by atoms with E-state index in [2.05, 4.69) is 27.8 Å². The summed E-state index contributed by atoms with van der Waals surface area (Å²) < 4.78 is 1.99. The number of amides is 2. The zero-order chi connectivity index (χ0) is 16.6. The Bertz CT molecular complexity index is 749. The van der Waals surface area contributed by atoms with Gasteiger partial charge in [0.25, 0.3) is 0 Å². The van der Waals surface area contributed by atoms with Crippen molar-refractivity contribution in [1.82, 2.24) is 20.0 Å². The third-order valence-corrected chi connectivity index (χ3v) is 3.85. The maximum Gasteiger partial charge on any atom is 0.314 e. The Morgan fingerprint density at radius 2 is 1.75 bits per heavy atom. The minimum absolute atomic E-state index is 0.119. The molecule has 0 atom stereocenters. The van der Waals surface area contributed by atoms with Gasteiger partial charge in [0.2, 0.25) is 0 Å². The summed E-state index contributed by atoms with van der Waals surface area (Å²) in [6.45, 7) is 1.25. The lowest BCUT2D eigenvalue weighted by molar-refractivity contribution is 0.241. The maximum atomic E-state index is 11.8. The highest BCUT2D eigenvalue weighted by atomic mass is 16.2. The summed E-state index contributed by atoms with van der Waals surface area (Å²) in [5.41, 5.74) is 3.20. The van der Waals surface area contributed by atoms with Crippen molar-refractivity contribution in [1.29, 1.82) is 0 Å².